The SMILES string of the molecule is CCOC(=O)C1(CCC(C)C)CCCC1OC(=O)c1ccccc1C. The van der Waals surface area contributed by atoms with E-state index in [0.717, 1.165) is 24.8 Å². The van der Waals surface area contributed by atoms with E-state index >= 15 is 0 Å². The number of carbonyl (C=O) groups excluding carboxylic acids is 2. The average molecular weight is 346 g/mol. The first-order valence-corrected chi connectivity index (χ1v) is 9.34. The average Bonchev–Trinajstić information content (AvgIpc) is 2.97. The summed E-state index contributed by atoms with van der Waals surface area (Å²) in [4.78, 5) is 25.4. The van der Waals surface area contributed by atoms with Gasteiger partial charge < -0.3 is 9.47 Å². The maximum absolute atomic E-state index is 12.8. The van der Waals surface area contributed by atoms with Gasteiger partial charge in [-0.05, 0) is 63.5 Å². The van der Waals surface area contributed by atoms with E-state index in [4.69, 9.17) is 9.47 Å². The van der Waals surface area contributed by atoms with Gasteiger partial charge in [-0.1, -0.05) is 32.0 Å². The summed E-state index contributed by atoms with van der Waals surface area (Å²) in [5.74, 6) is -0.0708. The highest BCUT2D eigenvalue weighted by Crippen LogP contribution is 2.46. The lowest BCUT2D eigenvalue weighted by atomic mass is 9.78. The molecule has 1 aromatic carbocycles. The third kappa shape index (κ3) is 4.42. The highest BCUT2D eigenvalue weighted by molar-refractivity contribution is 5.91. The van der Waals surface area contributed by atoms with Crippen LogP contribution in [0, 0.1) is 18.3 Å². The normalized spacial score (nSPS) is 22.8. The molecular weight excluding hydrogens is 316 g/mol. The minimum Gasteiger partial charge on any atom is -0.465 e. The van der Waals surface area contributed by atoms with Gasteiger partial charge in [0.25, 0.3) is 0 Å². The van der Waals surface area contributed by atoms with Gasteiger partial charge >= 0.3 is 11.9 Å². The quantitative estimate of drug-likeness (QED) is 0.672. The second kappa shape index (κ2) is 8.50. The maximum atomic E-state index is 12.8. The number of hydrogen-bond donors (Lipinski definition) is 0. The van der Waals surface area contributed by atoms with E-state index in [1.54, 1.807) is 6.07 Å². The van der Waals surface area contributed by atoms with Crippen LogP contribution < -0.4 is 0 Å². The van der Waals surface area contributed by atoms with Gasteiger partial charge in [0, 0.05) is 0 Å². The first-order valence-electron chi connectivity index (χ1n) is 9.34. The number of rotatable bonds is 7. The minimum absolute atomic E-state index is 0.212. The molecule has 2 unspecified atom stereocenters. The molecule has 0 saturated heterocycles. The molecule has 0 radical (unpaired) electrons. The van der Waals surface area contributed by atoms with Crippen molar-refractivity contribution in [2.75, 3.05) is 6.61 Å². The Kier molecular flexibility index (Phi) is 6.63. The summed E-state index contributed by atoms with van der Waals surface area (Å²) in [6.07, 6.45) is 3.53. The first-order chi connectivity index (χ1) is 11.9. The molecule has 1 aromatic rings. The zero-order chi connectivity index (χ0) is 18.4. The Balaban J connectivity index is 2.22. The van der Waals surface area contributed by atoms with Gasteiger partial charge in [0.1, 0.15) is 11.5 Å². The van der Waals surface area contributed by atoms with Gasteiger partial charge in [0.15, 0.2) is 0 Å². The van der Waals surface area contributed by atoms with Crippen molar-refractivity contribution in [3.8, 4) is 0 Å². The molecule has 0 N–H and O–H groups in total. The van der Waals surface area contributed by atoms with Crippen molar-refractivity contribution in [3.05, 3.63) is 35.4 Å². The molecular formula is C21H30O4. The number of benzene rings is 1. The summed E-state index contributed by atoms with van der Waals surface area (Å²) >= 11 is 0. The fourth-order valence-electron chi connectivity index (χ4n) is 3.65. The van der Waals surface area contributed by atoms with Crippen molar-refractivity contribution in [1.29, 1.82) is 0 Å². The molecule has 1 aliphatic carbocycles. The molecule has 25 heavy (non-hydrogen) atoms. The van der Waals surface area contributed by atoms with E-state index in [0.29, 0.717) is 30.9 Å². The Morgan fingerprint density at radius 3 is 2.64 bits per heavy atom. The summed E-state index contributed by atoms with van der Waals surface area (Å²) in [7, 11) is 0. The van der Waals surface area contributed by atoms with E-state index in [1.165, 1.54) is 0 Å². The molecule has 1 fully saturated rings. The van der Waals surface area contributed by atoms with E-state index < -0.39 is 11.5 Å². The third-order valence-corrected chi connectivity index (χ3v) is 5.17. The van der Waals surface area contributed by atoms with E-state index in [1.807, 2.05) is 32.0 Å². The van der Waals surface area contributed by atoms with Crippen LogP contribution in [0.15, 0.2) is 24.3 Å². The van der Waals surface area contributed by atoms with Crippen molar-refractivity contribution in [1.82, 2.24) is 0 Å². The standard InChI is InChI=1S/C21H30O4/c1-5-24-20(23)21(14-12-15(2)3)13-8-11-18(21)25-19(22)17-10-7-6-9-16(17)4/h6-7,9-10,15,18H,5,8,11-14H2,1-4H3. The third-order valence-electron chi connectivity index (χ3n) is 5.17. The Bertz CT molecular complexity index is 608. The summed E-state index contributed by atoms with van der Waals surface area (Å²) in [6, 6.07) is 7.39. The molecule has 0 amide bonds. The Morgan fingerprint density at radius 2 is 2.00 bits per heavy atom. The number of aryl methyl sites for hydroxylation is 1. The van der Waals surface area contributed by atoms with Gasteiger partial charge in [0.2, 0.25) is 0 Å². The topological polar surface area (TPSA) is 52.6 Å². The van der Waals surface area contributed by atoms with Crippen LogP contribution in [0.1, 0.15) is 68.8 Å². The van der Waals surface area contributed by atoms with Crippen molar-refractivity contribution in [2.45, 2.75) is 65.9 Å². The second-order valence-corrected chi connectivity index (χ2v) is 7.41. The zero-order valence-electron chi connectivity index (χ0n) is 15.8. The molecule has 2 rings (SSSR count). The first kappa shape index (κ1) is 19.5. The summed E-state index contributed by atoms with van der Waals surface area (Å²) in [6.45, 7) is 8.34. The smallest absolute Gasteiger partial charge is 0.338 e. The van der Waals surface area contributed by atoms with Crippen LogP contribution in [0.3, 0.4) is 0 Å². The fraction of sp³-hybridized carbons (Fsp3) is 0.619. The van der Waals surface area contributed by atoms with Crippen LogP contribution in [0.2, 0.25) is 0 Å². The van der Waals surface area contributed by atoms with Gasteiger partial charge in [0.05, 0.1) is 12.2 Å². The van der Waals surface area contributed by atoms with Crippen molar-refractivity contribution in [2.24, 2.45) is 11.3 Å². The molecule has 0 aromatic heterocycles. The monoisotopic (exact) mass is 346 g/mol. The van der Waals surface area contributed by atoms with Crippen molar-refractivity contribution in [3.63, 3.8) is 0 Å². The Labute approximate surface area is 150 Å². The zero-order valence-corrected chi connectivity index (χ0v) is 15.8. The second-order valence-electron chi connectivity index (χ2n) is 7.41. The lowest BCUT2D eigenvalue weighted by Crippen LogP contribution is -2.42. The van der Waals surface area contributed by atoms with Crippen LogP contribution in [0.5, 0.6) is 0 Å². The van der Waals surface area contributed by atoms with E-state index in [-0.39, 0.29) is 11.9 Å². The van der Waals surface area contributed by atoms with Crippen LogP contribution in [-0.2, 0) is 14.3 Å². The number of esters is 2. The molecule has 4 heteroatoms. The summed E-state index contributed by atoms with van der Waals surface area (Å²) < 4.78 is 11.2. The van der Waals surface area contributed by atoms with Crippen LogP contribution in [-0.4, -0.2) is 24.6 Å². The van der Waals surface area contributed by atoms with E-state index in [9.17, 15) is 9.59 Å². The highest BCUT2D eigenvalue weighted by atomic mass is 16.6. The van der Waals surface area contributed by atoms with Gasteiger partial charge in [-0.2, -0.15) is 0 Å². The predicted octanol–water partition coefficient (Wildman–Crippen LogP) is 4.69. The largest absolute Gasteiger partial charge is 0.465 e. The molecule has 0 aliphatic heterocycles. The molecule has 138 valence electrons. The molecule has 1 saturated carbocycles. The fourth-order valence-corrected chi connectivity index (χ4v) is 3.65. The molecule has 4 nitrogen and oxygen atoms in total. The summed E-state index contributed by atoms with van der Waals surface area (Å²) in [5, 5.41) is 0. The molecule has 1 aliphatic rings. The Morgan fingerprint density at radius 1 is 1.28 bits per heavy atom. The van der Waals surface area contributed by atoms with Gasteiger partial charge in [-0.25, -0.2) is 4.79 Å². The molecule has 0 spiro atoms. The highest BCUT2D eigenvalue weighted by Gasteiger charge is 2.52. The van der Waals surface area contributed by atoms with Gasteiger partial charge in [-0.3, -0.25) is 4.79 Å². The van der Waals surface area contributed by atoms with Gasteiger partial charge in [-0.15, -0.1) is 0 Å². The number of ether oxygens (including phenoxy) is 2. The summed E-state index contributed by atoms with van der Waals surface area (Å²) in [5.41, 5.74) is 0.754. The molecule has 0 heterocycles. The van der Waals surface area contributed by atoms with E-state index in [2.05, 4.69) is 13.8 Å². The van der Waals surface area contributed by atoms with Crippen molar-refractivity contribution >= 4 is 11.9 Å². The molecule has 2 atom stereocenters. The lowest BCUT2D eigenvalue weighted by molar-refractivity contribution is -0.162. The Hall–Kier alpha value is -1.84. The van der Waals surface area contributed by atoms with Crippen LogP contribution in [0.25, 0.3) is 0 Å². The van der Waals surface area contributed by atoms with Crippen LogP contribution >= 0.6 is 0 Å². The number of carbonyl (C=O) groups is 2. The van der Waals surface area contributed by atoms with Crippen LogP contribution in [0.4, 0.5) is 0 Å². The van der Waals surface area contributed by atoms with Crippen molar-refractivity contribution < 1.29 is 19.1 Å². The minimum atomic E-state index is -0.696. The lowest BCUT2D eigenvalue weighted by Gasteiger charge is -2.33. The maximum Gasteiger partial charge on any atom is 0.338 e. The molecule has 0 bridgehead atoms. The predicted molar refractivity (Wildman–Crippen MR) is 97.4 cm³/mol. The number of hydrogen-bond acceptors (Lipinski definition) is 4.